The number of fused-ring (bicyclic) bond motifs is 1. The third-order valence-electron chi connectivity index (χ3n) is 2.96. The van der Waals surface area contributed by atoms with Crippen molar-refractivity contribution >= 4 is 44.4 Å². The van der Waals surface area contributed by atoms with Crippen LogP contribution in [0.4, 0.5) is 0 Å². The summed E-state index contributed by atoms with van der Waals surface area (Å²) < 4.78 is 5.48. The van der Waals surface area contributed by atoms with E-state index in [1.54, 1.807) is 6.20 Å². The van der Waals surface area contributed by atoms with Crippen LogP contribution in [0.3, 0.4) is 0 Å². The third kappa shape index (κ3) is 3.18. The number of halogens is 2. The van der Waals surface area contributed by atoms with Gasteiger partial charge in [-0.2, -0.15) is 0 Å². The zero-order chi connectivity index (χ0) is 14.9. The molecule has 2 aromatic rings. The zero-order valence-electron chi connectivity index (χ0n) is 11.7. The summed E-state index contributed by atoms with van der Waals surface area (Å²) in [6.07, 6.45) is 2.55. The number of hydrogen-bond acceptors (Lipinski definition) is 2. The van der Waals surface area contributed by atoms with Gasteiger partial charge >= 0.3 is 5.97 Å². The summed E-state index contributed by atoms with van der Waals surface area (Å²) in [6, 6.07) is 3.93. The van der Waals surface area contributed by atoms with Gasteiger partial charge in [0.1, 0.15) is 0 Å². The largest absolute Gasteiger partial charge is 0.424 e. The van der Waals surface area contributed by atoms with Gasteiger partial charge in [0.2, 0.25) is 0 Å². The fourth-order valence-electron chi connectivity index (χ4n) is 1.81. The number of aryl methyl sites for hydroxylation is 1. The molecule has 0 saturated carbocycles. The number of benzene rings is 1. The molecule has 0 aliphatic rings. The summed E-state index contributed by atoms with van der Waals surface area (Å²) in [7, 11) is 0. The molecule has 108 valence electrons. The van der Waals surface area contributed by atoms with E-state index in [0.717, 1.165) is 28.2 Å². The highest BCUT2D eigenvalue weighted by molar-refractivity contribution is 9.09. The zero-order valence-corrected chi connectivity index (χ0v) is 14.1. The van der Waals surface area contributed by atoms with E-state index in [9.17, 15) is 4.79 Å². The van der Waals surface area contributed by atoms with Gasteiger partial charge in [0, 0.05) is 16.9 Å². The van der Waals surface area contributed by atoms with Crippen LogP contribution in [0, 0.1) is 5.41 Å². The van der Waals surface area contributed by atoms with Crippen LogP contribution in [0.2, 0.25) is 5.02 Å². The van der Waals surface area contributed by atoms with Crippen LogP contribution in [0.1, 0.15) is 26.3 Å². The summed E-state index contributed by atoms with van der Waals surface area (Å²) in [5.74, 6) is 0.263. The average molecular weight is 359 g/mol. The van der Waals surface area contributed by atoms with Crippen molar-refractivity contribution in [1.82, 2.24) is 4.98 Å². The van der Waals surface area contributed by atoms with E-state index in [0.29, 0.717) is 10.8 Å². The Bertz CT molecular complexity index is 643. The molecule has 0 aliphatic carbocycles. The molecule has 0 bridgehead atoms. The molecule has 5 heteroatoms. The number of carbonyl (C=O) groups is 1. The lowest BCUT2D eigenvalue weighted by molar-refractivity contribution is -0.142. The molecular weight excluding hydrogens is 342 g/mol. The first-order chi connectivity index (χ1) is 9.32. The predicted molar refractivity (Wildman–Crippen MR) is 85.9 cm³/mol. The van der Waals surface area contributed by atoms with Gasteiger partial charge in [0.25, 0.3) is 0 Å². The number of hydrogen-bond donors (Lipinski definition) is 1. The van der Waals surface area contributed by atoms with Crippen LogP contribution in [0.15, 0.2) is 18.3 Å². The van der Waals surface area contributed by atoms with Crippen LogP contribution < -0.4 is 4.74 Å². The molecule has 0 radical (unpaired) electrons. The standard InChI is InChI=1S/C15H17BrClNO2/c1-15(2,3)14(19)20-12-8-18-13-10(12)6-9(4-5-16)7-11(13)17/h6-8,18H,4-5H2,1-3H3. The molecule has 0 unspecified atom stereocenters. The summed E-state index contributed by atoms with van der Waals surface area (Å²) in [5, 5.41) is 2.33. The van der Waals surface area contributed by atoms with E-state index in [1.165, 1.54) is 0 Å². The SMILES string of the molecule is CC(C)(C)C(=O)Oc1c[nH]c2c(Cl)cc(CCBr)cc12. The van der Waals surface area contributed by atoms with Gasteiger partial charge in [0.15, 0.2) is 5.75 Å². The monoisotopic (exact) mass is 357 g/mol. The minimum Gasteiger partial charge on any atom is -0.424 e. The Morgan fingerprint density at radius 3 is 2.70 bits per heavy atom. The van der Waals surface area contributed by atoms with Gasteiger partial charge < -0.3 is 9.72 Å². The molecule has 1 N–H and O–H groups in total. The number of nitrogens with one attached hydrogen (secondary N) is 1. The van der Waals surface area contributed by atoms with E-state index < -0.39 is 5.41 Å². The number of carbonyl (C=O) groups excluding carboxylic acids is 1. The van der Waals surface area contributed by atoms with Crippen molar-refractivity contribution in [2.45, 2.75) is 27.2 Å². The molecule has 1 aromatic heterocycles. The first-order valence-corrected chi connectivity index (χ1v) is 7.90. The van der Waals surface area contributed by atoms with Crippen molar-refractivity contribution in [3.8, 4) is 5.75 Å². The van der Waals surface area contributed by atoms with Crippen LogP contribution in [0.25, 0.3) is 10.9 Å². The topological polar surface area (TPSA) is 42.1 Å². The van der Waals surface area contributed by atoms with Crippen LogP contribution >= 0.6 is 27.5 Å². The Labute approximate surface area is 131 Å². The number of alkyl halides is 1. The molecule has 3 nitrogen and oxygen atoms in total. The fraction of sp³-hybridized carbons (Fsp3) is 0.400. The van der Waals surface area contributed by atoms with Crippen LogP contribution in [0.5, 0.6) is 5.75 Å². The second-order valence-electron chi connectivity index (χ2n) is 5.73. The number of H-pyrrole nitrogens is 1. The highest BCUT2D eigenvalue weighted by atomic mass is 79.9. The minimum absolute atomic E-state index is 0.264. The van der Waals surface area contributed by atoms with Crippen LogP contribution in [-0.4, -0.2) is 16.3 Å². The molecule has 0 fully saturated rings. The Morgan fingerprint density at radius 2 is 2.10 bits per heavy atom. The van der Waals surface area contributed by atoms with Crippen molar-refractivity contribution in [2.24, 2.45) is 5.41 Å². The number of esters is 1. The Morgan fingerprint density at radius 1 is 1.40 bits per heavy atom. The minimum atomic E-state index is -0.541. The van der Waals surface area contributed by atoms with E-state index >= 15 is 0 Å². The van der Waals surface area contributed by atoms with Crippen molar-refractivity contribution < 1.29 is 9.53 Å². The van der Waals surface area contributed by atoms with Gasteiger partial charge in [-0.25, -0.2) is 0 Å². The highest BCUT2D eigenvalue weighted by Gasteiger charge is 2.25. The summed E-state index contributed by atoms with van der Waals surface area (Å²) in [4.78, 5) is 15.1. The van der Waals surface area contributed by atoms with Crippen molar-refractivity contribution in [3.63, 3.8) is 0 Å². The second kappa shape index (κ2) is 5.78. The van der Waals surface area contributed by atoms with Gasteiger partial charge in [-0.05, 0) is 44.9 Å². The first-order valence-electron chi connectivity index (χ1n) is 6.40. The average Bonchev–Trinajstić information content (AvgIpc) is 2.72. The van der Waals surface area contributed by atoms with Gasteiger partial charge in [0.05, 0.1) is 16.0 Å². The molecule has 0 amide bonds. The Balaban J connectivity index is 2.42. The predicted octanol–water partition coefficient (Wildman–Crippen LogP) is 4.71. The van der Waals surface area contributed by atoms with E-state index in [2.05, 4.69) is 20.9 Å². The quantitative estimate of drug-likeness (QED) is 0.638. The number of aromatic amines is 1. The maximum Gasteiger partial charge on any atom is 0.316 e. The summed E-state index contributed by atoms with van der Waals surface area (Å²) in [5.41, 5.74) is 1.36. The number of aromatic nitrogens is 1. The van der Waals surface area contributed by atoms with Crippen molar-refractivity contribution in [1.29, 1.82) is 0 Å². The number of rotatable bonds is 3. The van der Waals surface area contributed by atoms with Crippen molar-refractivity contribution in [2.75, 3.05) is 5.33 Å². The molecule has 0 atom stereocenters. The Hall–Kier alpha value is -1.000. The normalized spacial score (nSPS) is 11.8. The third-order valence-corrected chi connectivity index (χ3v) is 3.66. The molecular formula is C15H17BrClNO2. The lowest BCUT2D eigenvalue weighted by atomic mass is 9.97. The maximum atomic E-state index is 12.0. The molecule has 0 saturated heterocycles. The van der Waals surface area contributed by atoms with E-state index in [4.69, 9.17) is 16.3 Å². The smallest absolute Gasteiger partial charge is 0.316 e. The van der Waals surface area contributed by atoms with Gasteiger partial charge in [-0.1, -0.05) is 27.5 Å². The maximum absolute atomic E-state index is 12.0. The molecule has 0 aliphatic heterocycles. The van der Waals surface area contributed by atoms with Crippen LogP contribution in [-0.2, 0) is 11.2 Å². The van der Waals surface area contributed by atoms with E-state index in [1.807, 2.05) is 32.9 Å². The summed E-state index contributed by atoms with van der Waals surface area (Å²) in [6.45, 7) is 5.48. The molecule has 1 aromatic carbocycles. The van der Waals surface area contributed by atoms with Gasteiger partial charge in [-0.3, -0.25) is 4.79 Å². The number of ether oxygens (including phenoxy) is 1. The van der Waals surface area contributed by atoms with Gasteiger partial charge in [-0.15, -0.1) is 0 Å². The molecule has 0 spiro atoms. The van der Waals surface area contributed by atoms with E-state index in [-0.39, 0.29) is 5.97 Å². The molecule has 2 rings (SSSR count). The lowest BCUT2D eigenvalue weighted by Gasteiger charge is -2.15. The second-order valence-corrected chi connectivity index (χ2v) is 6.93. The Kier molecular flexibility index (Phi) is 4.45. The summed E-state index contributed by atoms with van der Waals surface area (Å²) >= 11 is 9.66. The molecule has 20 heavy (non-hydrogen) atoms. The lowest BCUT2D eigenvalue weighted by Crippen LogP contribution is -2.25. The molecule has 1 heterocycles. The highest BCUT2D eigenvalue weighted by Crippen LogP contribution is 2.33. The first kappa shape index (κ1) is 15.4. The fourth-order valence-corrected chi connectivity index (χ4v) is 2.56. The van der Waals surface area contributed by atoms with Crippen molar-refractivity contribution in [3.05, 3.63) is 28.9 Å².